The molecule has 0 saturated heterocycles. The van der Waals surface area contributed by atoms with Gasteiger partial charge in [-0.25, -0.2) is 8.42 Å². The van der Waals surface area contributed by atoms with Crippen LogP contribution in [0.1, 0.15) is 25.5 Å². The smallest absolute Gasteiger partial charge is 0.247 e. The molecule has 2 heterocycles. The lowest BCUT2D eigenvalue weighted by atomic mass is 10.3. The van der Waals surface area contributed by atoms with Crippen LogP contribution < -0.4 is 5.32 Å². The molecule has 1 N–H and O–H groups in total. The highest BCUT2D eigenvalue weighted by atomic mass is 79.9. The Labute approximate surface area is 128 Å². The number of rotatable bonds is 6. The molecule has 0 atom stereocenters. The maximum absolute atomic E-state index is 12.5. The zero-order valence-electron chi connectivity index (χ0n) is 11.4. The molecule has 0 saturated carbocycles. The molecular weight excluding hydrogens is 344 g/mol. The minimum atomic E-state index is -3.49. The second-order valence-electron chi connectivity index (χ2n) is 4.65. The lowest BCUT2D eigenvalue weighted by Gasteiger charge is -2.21. The van der Waals surface area contributed by atoms with Gasteiger partial charge in [0.2, 0.25) is 10.0 Å². The number of hydrogen-bond donors (Lipinski definition) is 1. The molecule has 112 valence electrons. The summed E-state index contributed by atoms with van der Waals surface area (Å²) in [4.78, 5) is 0.209. The van der Waals surface area contributed by atoms with Gasteiger partial charge in [0, 0.05) is 19.2 Å². The Morgan fingerprint density at radius 1 is 1.45 bits per heavy atom. The first-order valence-corrected chi connectivity index (χ1v) is 8.93. The number of nitrogens with zero attached hydrogens (tertiary/aromatic N) is 1. The van der Waals surface area contributed by atoms with Crippen LogP contribution in [-0.2, 0) is 16.6 Å². The molecule has 1 aliphatic heterocycles. The number of halogens is 1. The maximum Gasteiger partial charge on any atom is 0.247 e. The predicted octanol–water partition coefficient (Wildman–Crippen LogP) is 2.49. The third-order valence-corrected chi connectivity index (χ3v) is 5.79. The maximum atomic E-state index is 12.5. The Bertz CT molecular complexity index is 580. The SMILES string of the molecule is CCCNCc1cc(S(=O)(=O)N2CC=CCC2)c(Br)o1. The normalized spacial score (nSPS) is 16.7. The van der Waals surface area contributed by atoms with Crippen molar-refractivity contribution in [1.82, 2.24) is 9.62 Å². The van der Waals surface area contributed by atoms with Gasteiger partial charge in [-0.1, -0.05) is 19.1 Å². The second-order valence-corrected chi connectivity index (χ2v) is 7.28. The number of nitrogens with one attached hydrogen (secondary N) is 1. The van der Waals surface area contributed by atoms with Gasteiger partial charge in [0.1, 0.15) is 10.7 Å². The highest BCUT2D eigenvalue weighted by Gasteiger charge is 2.29. The van der Waals surface area contributed by atoms with Gasteiger partial charge in [-0.05, 0) is 35.3 Å². The number of hydrogen-bond acceptors (Lipinski definition) is 4. The fourth-order valence-electron chi connectivity index (χ4n) is 2.03. The van der Waals surface area contributed by atoms with E-state index in [1.807, 2.05) is 12.2 Å². The van der Waals surface area contributed by atoms with Crippen LogP contribution in [0.25, 0.3) is 0 Å². The molecule has 1 aliphatic rings. The van der Waals surface area contributed by atoms with Crippen molar-refractivity contribution in [1.29, 1.82) is 0 Å². The summed E-state index contributed by atoms with van der Waals surface area (Å²) in [5.41, 5.74) is 0. The predicted molar refractivity (Wildman–Crippen MR) is 80.9 cm³/mol. The molecule has 0 aromatic carbocycles. The first kappa shape index (κ1) is 15.8. The van der Waals surface area contributed by atoms with Crippen molar-refractivity contribution >= 4 is 26.0 Å². The molecular formula is C13H19BrN2O3S. The van der Waals surface area contributed by atoms with Crippen molar-refractivity contribution < 1.29 is 12.8 Å². The Morgan fingerprint density at radius 3 is 2.90 bits per heavy atom. The summed E-state index contributed by atoms with van der Waals surface area (Å²) in [6.07, 6.45) is 5.64. The van der Waals surface area contributed by atoms with Gasteiger partial charge < -0.3 is 9.73 Å². The van der Waals surface area contributed by atoms with Crippen LogP contribution in [0.3, 0.4) is 0 Å². The Balaban J connectivity index is 2.16. The van der Waals surface area contributed by atoms with Crippen LogP contribution in [0.15, 0.2) is 32.2 Å². The molecule has 0 unspecified atom stereocenters. The summed E-state index contributed by atoms with van der Waals surface area (Å²) < 4.78 is 32.3. The van der Waals surface area contributed by atoms with E-state index in [2.05, 4.69) is 28.2 Å². The minimum Gasteiger partial charge on any atom is -0.452 e. The number of sulfonamides is 1. The van der Waals surface area contributed by atoms with Gasteiger partial charge in [-0.3, -0.25) is 0 Å². The summed E-state index contributed by atoms with van der Waals surface area (Å²) in [6, 6.07) is 1.60. The highest BCUT2D eigenvalue weighted by Crippen LogP contribution is 2.29. The molecule has 0 fully saturated rings. The molecule has 7 heteroatoms. The second kappa shape index (κ2) is 6.89. The van der Waals surface area contributed by atoms with Crippen molar-refractivity contribution in [2.75, 3.05) is 19.6 Å². The molecule has 0 radical (unpaired) electrons. The lowest BCUT2D eigenvalue weighted by Crippen LogP contribution is -2.33. The quantitative estimate of drug-likeness (QED) is 0.623. The topological polar surface area (TPSA) is 62.6 Å². The van der Waals surface area contributed by atoms with E-state index < -0.39 is 10.0 Å². The minimum absolute atomic E-state index is 0.209. The molecule has 5 nitrogen and oxygen atoms in total. The van der Waals surface area contributed by atoms with Crippen LogP contribution >= 0.6 is 15.9 Å². The van der Waals surface area contributed by atoms with Gasteiger partial charge in [-0.2, -0.15) is 4.31 Å². The Hall–Kier alpha value is -0.630. The average Bonchev–Trinajstić information content (AvgIpc) is 2.82. The first-order valence-electron chi connectivity index (χ1n) is 6.69. The van der Waals surface area contributed by atoms with Crippen molar-refractivity contribution in [3.8, 4) is 0 Å². The molecule has 1 aromatic heterocycles. The lowest BCUT2D eigenvalue weighted by molar-refractivity contribution is 0.432. The Kier molecular flexibility index (Phi) is 5.42. The standard InChI is InChI=1S/C13H19BrN2O3S/c1-2-6-15-10-11-9-12(13(14)19-11)20(17,18)16-7-4-3-5-8-16/h3-4,9,15H,2,5-8,10H2,1H3. The monoisotopic (exact) mass is 362 g/mol. The van der Waals surface area contributed by atoms with Crippen molar-refractivity contribution in [3.05, 3.63) is 28.6 Å². The molecule has 0 aliphatic carbocycles. The van der Waals surface area contributed by atoms with Crippen molar-refractivity contribution in [3.63, 3.8) is 0 Å². The van der Waals surface area contributed by atoms with Crippen LogP contribution in [0.5, 0.6) is 0 Å². The molecule has 0 bridgehead atoms. The summed E-state index contributed by atoms with van der Waals surface area (Å²) >= 11 is 3.21. The van der Waals surface area contributed by atoms with Crippen LogP contribution in [0, 0.1) is 0 Å². The largest absolute Gasteiger partial charge is 0.452 e. The van der Waals surface area contributed by atoms with Crippen molar-refractivity contribution in [2.45, 2.75) is 31.2 Å². The van der Waals surface area contributed by atoms with E-state index in [0.717, 1.165) is 19.4 Å². The summed E-state index contributed by atoms with van der Waals surface area (Å²) in [6.45, 7) is 4.41. The van der Waals surface area contributed by atoms with Crippen molar-refractivity contribution in [2.24, 2.45) is 0 Å². The average molecular weight is 363 g/mol. The van der Waals surface area contributed by atoms with Gasteiger partial charge >= 0.3 is 0 Å². The van der Waals surface area contributed by atoms with Gasteiger partial charge in [-0.15, -0.1) is 0 Å². The van der Waals surface area contributed by atoms with E-state index in [0.29, 0.717) is 25.4 Å². The number of furan rings is 1. The van der Waals surface area contributed by atoms with E-state index in [-0.39, 0.29) is 9.56 Å². The van der Waals surface area contributed by atoms with E-state index in [9.17, 15) is 8.42 Å². The zero-order chi connectivity index (χ0) is 14.6. The molecule has 0 amide bonds. The van der Waals surface area contributed by atoms with Crippen LogP contribution in [0.4, 0.5) is 0 Å². The third kappa shape index (κ3) is 3.52. The van der Waals surface area contributed by atoms with Gasteiger partial charge in [0.15, 0.2) is 4.67 Å². The van der Waals surface area contributed by atoms with Crippen LogP contribution in [-0.4, -0.2) is 32.4 Å². The molecule has 0 spiro atoms. The fourth-order valence-corrected chi connectivity index (χ4v) is 4.39. The molecule has 20 heavy (non-hydrogen) atoms. The van der Waals surface area contributed by atoms with Gasteiger partial charge in [0.25, 0.3) is 0 Å². The third-order valence-electron chi connectivity index (χ3n) is 3.07. The zero-order valence-corrected chi connectivity index (χ0v) is 13.8. The Morgan fingerprint density at radius 2 is 2.25 bits per heavy atom. The fraction of sp³-hybridized carbons (Fsp3) is 0.538. The molecule has 2 rings (SSSR count). The van der Waals surface area contributed by atoms with Crippen LogP contribution in [0.2, 0.25) is 0 Å². The summed E-state index contributed by atoms with van der Waals surface area (Å²) in [5, 5.41) is 3.19. The van der Waals surface area contributed by atoms with E-state index >= 15 is 0 Å². The highest BCUT2D eigenvalue weighted by molar-refractivity contribution is 9.10. The summed E-state index contributed by atoms with van der Waals surface area (Å²) in [5.74, 6) is 0.622. The summed E-state index contributed by atoms with van der Waals surface area (Å²) in [7, 11) is -3.49. The van der Waals surface area contributed by atoms with E-state index in [1.54, 1.807) is 6.07 Å². The van der Waals surface area contributed by atoms with E-state index in [4.69, 9.17) is 4.42 Å². The van der Waals surface area contributed by atoms with E-state index in [1.165, 1.54) is 4.31 Å². The van der Waals surface area contributed by atoms with Gasteiger partial charge in [0.05, 0.1) is 6.54 Å². The first-order chi connectivity index (χ1) is 9.55. The molecule has 1 aromatic rings.